The molecule has 0 heterocycles. The number of nitrogens with one attached hydrogen (secondary N) is 2. The van der Waals surface area contributed by atoms with Gasteiger partial charge in [-0.1, -0.05) is 23.4 Å². The van der Waals surface area contributed by atoms with E-state index in [1.165, 1.54) is 0 Å². The smallest absolute Gasteiger partial charge is 0.279 e. The van der Waals surface area contributed by atoms with Gasteiger partial charge in [0.15, 0.2) is 5.71 Å². The van der Waals surface area contributed by atoms with Gasteiger partial charge in [-0.2, -0.15) is 5.10 Å². The van der Waals surface area contributed by atoms with Crippen LogP contribution in [0.2, 0.25) is 0 Å². The number of nitrogens with zero attached hydrogens (tertiary/aromatic N) is 2. The number of hydrogen-bond acceptors (Lipinski definition) is 6. The van der Waals surface area contributed by atoms with Gasteiger partial charge in [0.25, 0.3) is 5.91 Å². The number of hydrogen-bond donors (Lipinski definition) is 3. The fourth-order valence-electron chi connectivity index (χ4n) is 1.86. The minimum atomic E-state index is -0.554. The molecule has 0 aliphatic rings. The summed E-state index contributed by atoms with van der Waals surface area (Å²) in [4.78, 5) is 12.2. The number of amides is 1. The topological polar surface area (TPSA) is 95.3 Å². The number of methoxy groups -OCH3 is 1. The predicted octanol–water partition coefficient (Wildman–Crippen LogP) is 2.95. The van der Waals surface area contributed by atoms with Crippen LogP contribution in [0.5, 0.6) is 5.75 Å². The SMILES string of the molecule is COc1ccc(N/N=C(C)/C(=N\O)C(=O)Nc2ccccc2)cc1. The lowest BCUT2D eigenvalue weighted by molar-refractivity contribution is -0.110. The Morgan fingerprint density at radius 3 is 2.29 bits per heavy atom. The number of carbonyl (C=O) groups is 1. The monoisotopic (exact) mass is 326 g/mol. The summed E-state index contributed by atoms with van der Waals surface area (Å²) in [6, 6.07) is 16.0. The van der Waals surface area contributed by atoms with Crippen LogP contribution in [0.3, 0.4) is 0 Å². The first-order chi connectivity index (χ1) is 11.6. The molecule has 0 fully saturated rings. The summed E-state index contributed by atoms with van der Waals surface area (Å²) >= 11 is 0. The van der Waals surface area contributed by atoms with Crippen molar-refractivity contribution in [2.24, 2.45) is 10.3 Å². The Morgan fingerprint density at radius 1 is 1.04 bits per heavy atom. The summed E-state index contributed by atoms with van der Waals surface area (Å²) in [6.07, 6.45) is 0. The van der Waals surface area contributed by atoms with E-state index in [1.54, 1.807) is 62.6 Å². The van der Waals surface area contributed by atoms with Gasteiger partial charge in [0.1, 0.15) is 5.75 Å². The van der Waals surface area contributed by atoms with Gasteiger partial charge in [-0.05, 0) is 43.3 Å². The summed E-state index contributed by atoms with van der Waals surface area (Å²) in [6.45, 7) is 1.57. The average Bonchev–Trinajstić information content (AvgIpc) is 2.62. The molecule has 0 aromatic heterocycles. The molecule has 0 spiro atoms. The summed E-state index contributed by atoms with van der Waals surface area (Å²) in [5.74, 6) is 0.169. The first-order valence-corrected chi connectivity index (χ1v) is 7.17. The number of carbonyl (C=O) groups excluding carboxylic acids is 1. The molecular formula is C17H18N4O3. The Labute approximate surface area is 139 Å². The first-order valence-electron chi connectivity index (χ1n) is 7.17. The number of benzene rings is 2. The number of para-hydroxylation sites is 1. The molecule has 1 amide bonds. The normalized spacial score (nSPS) is 11.8. The molecule has 0 saturated heterocycles. The zero-order chi connectivity index (χ0) is 17.4. The van der Waals surface area contributed by atoms with Crippen molar-refractivity contribution in [3.05, 3.63) is 54.6 Å². The molecule has 24 heavy (non-hydrogen) atoms. The quantitative estimate of drug-likeness (QED) is 0.432. The molecule has 2 rings (SSSR count). The van der Waals surface area contributed by atoms with Gasteiger partial charge in [0, 0.05) is 5.69 Å². The van der Waals surface area contributed by atoms with E-state index in [4.69, 9.17) is 9.94 Å². The van der Waals surface area contributed by atoms with Crippen molar-refractivity contribution in [1.29, 1.82) is 0 Å². The van der Waals surface area contributed by atoms with Gasteiger partial charge >= 0.3 is 0 Å². The first kappa shape index (κ1) is 17.0. The van der Waals surface area contributed by atoms with Gasteiger partial charge in [0.05, 0.1) is 18.5 Å². The molecule has 0 saturated carbocycles. The third kappa shape index (κ3) is 4.57. The van der Waals surface area contributed by atoms with Gasteiger partial charge < -0.3 is 15.3 Å². The van der Waals surface area contributed by atoms with E-state index in [1.807, 2.05) is 6.07 Å². The Bertz CT molecular complexity index is 740. The minimum Gasteiger partial charge on any atom is -0.497 e. The number of hydrazone groups is 1. The van der Waals surface area contributed by atoms with Crippen molar-refractivity contribution in [2.75, 3.05) is 17.9 Å². The molecule has 3 N–H and O–H groups in total. The maximum absolute atomic E-state index is 12.2. The molecule has 0 radical (unpaired) electrons. The predicted molar refractivity (Wildman–Crippen MR) is 94.0 cm³/mol. The molecule has 124 valence electrons. The van der Waals surface area contributed by atoms with Crippen LogP contribution in [0.15, 0.2) is 64.9 Å². The molecule has 0 aliphatic heterocycles. The van der Waals surface area contributed by atoms with Crippen molar-refractivity contribution in [3.63, 3.8) is 0 Å². The van der Waals surface area contributed by atoms with Crippen LogP contribution in [-0.2, 0) is 4.79 Å². The molecule has 2 aromatic carbocycles. The molecule has 0 atom stereocenters. The van der Waals surface area contributed by atoms with E-state index in [0.717, 1.165) is 5.75 Å². The zero-order valence-electron chi connectivity index (χ0n) is 13.4. The molecule has 2 aromatic rings. The maximum Gasteiger partial charge on any atom is 0.279 e. The number of oxime groups is 1. The summed E-state index contributed by atoms with van der Waals surface area (Å²) in [5.41, 5.74) is 4.15. The highest BCUT2D eigenvalue weighted by Gasteiger charge is 2.16. The van der Waals surface area contributed by atoms with Crippen molar-refractivity contribution >= 4 is 28.7 Å². The number of ether oxygens (including phenoxy) is 1. The lowest BCUT2D eigenvalue weighted by Crippen LogP contribution is -2.29. The summed E-state index contributed by atoms with van der Waals surface area (Å²) in [7, 11) is 1.58. The van der Waals surface area contributed by atoms with Gasteiger partial charge in [0.2, 0.25) is 0 Å². The Kier molecular flexibility index (Phi) is 5.90. The lowest BCUT2D eigenvalue weighted by atomic mass is 10.2. The van der Waals surface area contributed by atoms with Crippen LogP contribution in [-0.4, -0.2) is 29.6 Å². The maximum atomic E-state index is 12.2. The second-order valence-corrected chi connectivity index (χ2v) is 4.81. The third-order valence-electron chi connectivity index (χ3n) is 3.13. The van der Waals surface area contributed by atoms with Crippen molar-refractivity contribution < 1.29 is 14.7 Å². The highest BCUT2D eigenvalue weighted by Crippen LogP contribution is 2.15. The summed E-state index contributed by atoms with van der Waals surface area (Å²) in [5, 5.41) is 18.8. The van der Waals surface area contributed by atoms with Crippen LogP contribution < -0.4 is 15.5 Å². The van der Waals surface area contributed by atoms with Crippen molar-refractivity contribution in [3.8, 4) is 5.75 Å². The Morgan fingerprint density at radius 2 is 1.71 bits per heavy atom. The molecule has 0 unspecified atom stereocenters. The van der Waals surface area contributed by atoms with Gasteiger partial charge in [-0.15, -0.1) is 0 Å². The highest BCUT2D eigenvalue weighted by molar-refractivity contribution is 6.68. The van der Waals surface area contributed by atoms with E-state index in [-0.39, 0.29) is 11.4 Å². The molecule has 7 nitrogen and oxygen atoms in total. The van der Waals surface area contributed by atoms with E-state index in [2.05, 4.69) is 21.0 Å². The molecule has 0 bridgehead atoms. The third-order valence-corrected chi connectivity index (χ3v) is 3.13. The van der Waals surface area contributed by atoms with Crippen molar-refractivity contribution in [2.45, 2.75) is 6.92 Å². The number of anilines is 2. The number of rotatable bonds is 6. The lowest BCUT2D eigenvalue weighted by Gasteiger charge is -2.07. The van der Waals surface area contributed by atoms with Gasteiger partial charge in [-0.3, -0.25) is 10.2 Å². The van der Waals surface area contributed by atoms with Crippen molar-refractivity contribution in [1.82, 2.24) is 0 Å². The molecule has 0 aliphatic carbocycles. The minimum absolute atomic E-state index is 0.181. The molecular weight excluding hydrogens is 308 g/mol. The van der Waals surface area contributed by atoms with E-state index in [0.29, 0.717) is 11.4 Å². The van der Waals surface area contributed by atoms with Crippen LogP contribution >= 0.6 is 0 Å². The van der Waals surface area contributed by atoms with Crippen LogP contribution in [0, 0.1) is 0 Å². The highest BCUT2D eigenvalue weighted by atomic mass is 16.5. The average molecular weight is 326 g/mol. The second-order valence-electron chi connectivity index (χ2n) is 4.81. The fourth-order valence-corrected chi connectivity index (χ4v) is 1.86. The Balaban J connectivity index is 2.04. The van der Waals surface area contributed by atoms with Crippen LogP contribution in [0.25, 0.3) is 0 Å². The standard InChI is InChI=1S/C17H18N4O3/c1-12(19-20-14-8-10-15(24-2)11-9-14)16(21-23)17(22)18-13-6-4-3-5-7-13/h3-11,20,23H,1-2H3,(H,18,22)/b19-12+,21-16+. The van der Waals surface area contributed by atoms with E-state index >= 15 is 0 Å². The fraction of sp³-hybridized carbons (Fsp3) is 0.118. The van der Waals surface area contributed by atoms with Crippen LogP contribution in [0.1, 0.15) is 6.92 Å². The van der Waals surface area contributed by atoms with Crippen LogP contribution in [0.4, 0.5) is 11.4 Å². The summed E-state index contributed by atoms with van der Waals surface area (Å²) < 4.78 is 5.07. The zero-order valence-corrected chi connectivity index (χ0v) is 13.4. The molecule has 7 heteroatoms. The Hall–Kier alpha value is -3.35. The van der Waals surface area contributed by atoms with E-state index in [9.17, 15) is 4.79 Å². The second kappa shape index (κ2) is 8.33. The largest absolute Gasteiger partial charge is 0.497 e. The van der Waals surface area contributed by atoms with Gasteiger partial charge in [-0.25, -0.2) is 0 Å². The van der Waals surface area contributed by atoms with E-state index < -0.39 is 5.91 Å².